The lowest BCUT2D eigenvalue weighted by atomic mass is 9.63. The highest BCUT2D eigenvalue weighted by Crippen LogP contribution is 2.72. The molecule has 0 heterocycles. The number of thioether (sulfide) groups is 1. The lowest BCUT2D eigenvalue weighted by molar-refractivity contribution is 0.221. The summed E-state index contributed by atoms with van der Waals surface area (Å²) in [5, 5.41) is 0.774. The van der Waals surface area contributed by atoms with E-state index in [0.29, 0.717) is 11.3 Å². The second kappa shape index (κ2) is 4.23. The highest BCUT2D eigenvalue weighted by atomic mass is 32.2. The Labute approximate surface area is 130 Å². The molecule has 4 bridgehead atoms. The topological polar surface area (TPSA) is 26.0 Å². The SMILES string of the molecule is CSC1C2CC3(c4ccccc4)CC1C(C(N)=S)(C2)C3. The van der Waals surface area contributed by atoms with Crippen molar-refractivity contribution in [2.75, 3.05) is 6.26 Å². The lowest BCUT2D eigenvalue weighted by Gasteiger charge is -2.42. The van der Waals surface area contributed by atoms with Gasteiger partial charge in [-0.25, -0.2) is 0 Å². The van der Waals surface area contributed by atoms with E-state index in [2.05, 4.69) is 36.6 Å². The van der Waals surface area contributed by atoms with Crippen molar-refractivity contribution in [2.45, 2.75) is 36.3 Å². The molecule has 1 aromatic carbocycles. The molecule has 1 aromatic rings. The Balaban J connectivity index is 1.81. The van der Waals surface area contributed by atoms with Crippen LogP contribution in [-0.4, -0.2) is 16.5 Å². The van der Waals surface area contributed by atoms with E-state index in [9.17, 15) is 0 Å². The van der Waals surface area contributed by atoms with E-state index in [-0.39, 0.29) is 5.41 Å². The summed E-state index contributed by atoms with van der Waals surface area (Å²) in [4.78, 5) is 0.793. The van der Waals surface area contributed by atoms with Gasteiger partial charge in [-0.05, 0) is 54.8 Å². The summed E-state index contributed by atoms with van der Waals surface area (Å²) in [5.41, 5.74) is 8.26. The van der Waals surface area contributed by atoms with Crippen molar-refractivity contribution in [2.24, 2.45) is 23.0 Å². The van der Waals surface area contributed by atoms with Crippen molar-refractivity contribution >= 4 is 29.0 Å². The third-order valence-electron chi connectivity index (χ3n) is 6.26. The molecule has 1 nitrogen and oxygen atoms in total. The van der Waals surface area contributed by atoms with Gasteiger partial charge in [0.05, 0.1) is 4.99 Å². The van der Waals surface area contributed by atoms with Crippen LogP contribution in [0, 0.1) is 17.3 Å². The zero-order chi connectivity index (χ0) is 14.0. The fraction of sp³-hybridized carbons (Fsp3) is 0.588. The second-order valence-corrected chi connectivity index (χ2v) is 8.48. The van der Waals surface area contributed by atoms with Crippen LogP contribution in [0.3, 0.4) is 0 Å². The summed E-state index contributed by atoms with van der Waals surface area (Å²) >= 11 is 7.58. The second-order valence-electron chi connectivity index (χ2n) is 7.02. The van der Waals surface area contributed by atoms with E-state index >= 15 is 0 Å². The van der Waals surface area contributed by atoms with Crippen molar-refractivity contribution in [3.63, 3.8) is 0 Å². The zero-order valence-electron chi connectivity index (χ0n) is 11.8. The van der Waals surface area contributed by atoms with Crippen LogP contribution in [0.2, 0.25) is 0 Å². The van der Waals surface area contributed by atoms with E-state index in [4.69, 9.17) is 18.0 Å². The number of thiocarbonyl (C=S) groups is 1. The largest absolute Gasteiger partial charge is 0.393 e. The van der Waals surface area contributed by atoms with Crippen molar-refractivity contribution < 1.29 is 0 Å². The van der Waals surface area contributed by atoms with Gasteiger partial charge in [-0.15, -0.1) is 0 Å². The van der Waals surface area contributed by atoms with Crippen molar-refractivity contribution in [1.82, 2.24) is 0 Å². The van der Waals surface area contributed by atoms with Gasteiger partial charge in [0, 0.05) is 10.7 Å². The molecule has 0 saturated heterocycles. The van der Waals surface area contributed by atoms with Gasteiger partial charge in [0.2, 0.25) is 0 Å². The van der Waals surface area contributed by atoms with Crippen LogP contribution >= 0.6 is 24.0 Å². The predicted octanol–water partition coefficient (Wildman–Crippen LogP) is 3.76. The Morgan fingerprint density at radius 2 is 2.00 bits per heavy atom. The standard InChI is InChI=1S/C17H21NS2/c1-20-14-11-7-16(12-5-3-2-4-6-12)9-13(14)17(8-11,10-16)15(18)19/h2-6,11,13-14H,7-10H2,1H3,(H2,18,19). The monoisotopic (exact) mass is 303 g/mol. The molecule has 4 aliphatic carbocycles. The molecular formula is C17H21NS2. The fourth-order valence-electron chi connectivity index (χ4n) is 5.69. The van der Waals surface area contributed by atoms with Crippen molar-refractivity contribution in [3.05, 3.63) is 35.9 Å². The van der Waals surface area contributed by atoms with Crippen molar-refractivity contribution in [3.8, 4) is 0 Å². The van der Waals surface area contributed by atoms with Crippen LogP contribution in [-0.2, 0) is 5.41 Å². The van der Waals surface area contributed by atoms with Gasteiger partial charge in [0.15, 0.2) is 0 Å². The Bertz CT molecular complexity index is 557. The number of hydrogen-bond acceptors (Lipinski definition) is 2. The molecule has 0 aliphatic heterocycles. The molecule has 20 heavy (non-hydrogen) atoms. The molecule has 4 saturated carbocycles. The van der Waals surface area contributed by atoms with Crippen LogP contribution in [0.5, 0.6) is 0 Å². The molecule has 3 heteroatoms. The third kappa shape index (κ3) is 1.48. The number of nitrogens with two attached hydrogens (primary N) is 1. The van der Waals surface area contributed by atoms with Crippen LogP contribution in [0.1, 0.15) is 31.2 Å². The zero-order valence-corrected chi connectivity index (χ0v) is 13.5. The predicted molar refractivity (Wildman–Crippen MR) is 90.1 cm³/mol. The summed E-state index contributed by atoms with van der Waals surface area (Å²) < 4.78 is 0. The highest BCUT2D eigenvalue weighted by Gasteiger charge is 2.69. The average molecular weight is 303 g/mol. The minimum absolute atomic E-state index is 0.155. The van der Waals surface area contributed by atoms with E-state index in [0.717, 1.165) is 16.2 Å². The van der Waals surface area contributed by atoms with E-state index in [1.807, 2.05) is 11.8 Å². The van der Waals surface area contributed by atoms with Gasteiger partial charge in [0.1, 0.15) is 0 Å². The first kappa shape index (κ1) is 13.1. The Morgan fingerprint density at radius 1 is 1.25 bits per heavy atom. The molecule has 5 atom stereocenters. The van der Waals surface area contributed by atoms with Gasteiger partial charge >= 0.3 is 0 Å². The molecule has 0 aromatic heterocycles. The number of benzene rings is 1. The average Bonchev–Trinajstić information content (AvgIpc) is 2.83. The molecule has 4 aliphatic rings. The van der Waals surface area contributed by atoms with Gasteiger partial charge in [0.25, 0.3) is 0 Å². The van der Waals surface area contributed by atoms with E-state index < -0.39 is 0 Å². The summed E-state index contributed by atoms with van der Waals surface area (Å²) in [6.07, 6.45) is 7.32. The minimum Gasteiger partial charge on any atom is -0.393 e. The molecule has 0 radical (unpaired) electrons. The first-order valence-corrected chi connectivity index (χ1v) is 9.19. The van der Waals surface area contributed by atoms with Crippen LogP contribution in [0.15, 0.2) is 30.3 Å². The Hall–Kier alpha value is -0.540. The Morgan fingerprint density at radius 3 is 2.65 bits per heavy atom. The number of rotatable bonds is 3. The normalized spacial score (nSPS) is 45.0. The molecular weight excluding hydrogens is 282 g/mol. The van der Waals surface area contributed by atoms with E-state index in [1.165, 1.54) is 31.2 Å². The first-order chi connectivity index (χ1) is 9.61. The maximum absolute atomic E-state index is 6.23. The molecule has 0 amide bonds. The van der Waals surface area contributed by atoms with Crippen LogP contribution in [0.4, 0.5) is 0 Å². The number of hydrogen-bond donors (Lipinski definition) is 1. The third-order valence-corrected chi connectivity index (χ3v) is 7.93. The maximum atomic E-state index is 6.23. The first-order valence-electron chi connectivity index (χ1n) is 7.50. The van der Waals surface area contributed by atoms with Crippen LogP contribution < -0.4 is 5.73 Å². The van der Waals surface area contributed by atoms with Crippen molar-refractivity contribution in [1.29, 1.82) is 0 Å². The summed E-state index contributed by atoms with van der Waals surface area (Å²) in [5.74, 6) is 1.51. The maximum Gasteiger partial charge on any atom is 0.0793 e. The summed E-state index contributed by atoms with van der Waals surface area (Å²) in [6, 6.07) is 11.1. The van der Waals surface area contributed by atoms with Gasteiger partial charge in [-0.1, -0.05) is 42.5 Å². The van der Waals surface area contributed by atoms with Crippen LogP contribution in [0.25, 0.3) is 0 Å². The molecule has 5 rings (SSSR count). The fourth-order valence-corrected chi connectivity index (χ4v) is 7.26. The summed E-state index contributed by atoms with van der Waals surface area (Å²) in [6.45, 7) is 0. The molecule has 4 fully saturated rings. The van der Waals surface area contributed by atoms with E-state index in [1.54, 1.807) is 0 Å². The van der Waals surface area contributed by atoms with Gasteiger partial charge in [-0.3, -0.25) is 0 Å². The highest BCUT2D eigenvalue weighted by molar-refractivity contribution is 7.99. The van der Waals surface area contributed by atoms with Gasteiger partial charge < -0.3 is 5.73 Å². The molecule has 5 unspecified atom stereocenters. The molecule has 0 spiro atoms. The summed E-state index contributed by atoms with van der Waals surface area (Å²) in [7, 11) is 0. The van der Waals surface area contributed by atoms with Gasteiger partial charge in [-0.2, -0.15) is 11.8 Å². The molecule has 106 valence electrons. The minimum atomic E-state index is 0.155. The molecule has 2 N–H and O–H groups in total. The quantitative estimate of drug-likeness (QED) is 0.861. The smallest absolute Gasteiger partial charge is 0.0793 e. The Kier molecular flexibility index (Phi) is 2.78. The lowest BCUT2D eigenvalue weighted by Crippen LogP contribution is -2.40.